The zero-order chi connectivity index (χ0) is 30.0. The second kappa shape index (κ2) is 11.7. The number of nitrogens with one attached hydrogen (secondary N) is 2. The molecule has 5 rings (SSSR count). The van der Waals surface area contributed by atoms with E-state index in [1.165, 1.54) is 42.6 Å². The smallest absolute Gasteiger partial charge is 0.373 e. The minimum absolute atomic E-state index is 0.0242. The Kier molecular flexibility index (Phi) is 8.00. The number of rotatable bonds is 8. The minimum Gasteiger partial charge on any atom is -0.373 e. The van der Waals surface area contributed by atoms with Gasteiger partial charge in [-0.3, -0.25) is 4.98 Å². The number of benzene rings is 3. The third-order valence-electron chi connectivity index (χ3n) is 6.66. The van der Waals surface area contributed by atoms with Crippen molar-refractivity contribution in [2.24, 2.45) is 0 Å². The summed E-state index contributed by atoms with van der Waals surface area (Å²) in [4.78, 5) is 4.25. The number of alkyl halides is 3. The second-order valence-electron chi connectivity index (χ2n) is 9.89. The van der Waals surface area contributed by atoms with E-state index in [1.807, 2.05) is 19.9 Å². The Bertz CT molecular complexity index is 1750. The molecule has 12 heteroatoms. The summed E-state index contributed by atoms with van der Waals surface area (Å²) in [5.74, 6) is -0.416. The maximum atomic E-state index is 14.3. The number of anilines is 2. The molecule has 0 aliphatic rings. The number of nitrogens with zero attached hydrogens (tertiary/aromatic N) is 5. The van der Waals surface area contributed by atoms with Crippen molar-refractivity contribution in [2.75, 3.05) is 10.6 Å². The molecular formula is C30H24ClF4N7. The highest BCUT2D eigenvalue weighted by atomic mass is 35.5. The van der Waals surface area contributed by atoms with E-state index >= 15 is 0 Å². The predicted octanol–water partition coefficient (Wildman–Crippen LogP) is 7.99. The van der Waals surface area contributed by atoms with Crippen molar-refractivity contribution in [1.82, 2.24) is 20.0 Å². The molecule has 0 aliphatic heterocycles. The first-order valence-electron chi connectivity index (χ1n) is 12.9. The van der Waals surface area contributed by atoms with Crippen LogP contribution >= 0.6 is 11.6 Å². The van der Waals surface area contributed by atoms with Gasteiger partial charge in [0.15, 0.2) is 0 Å². The molecule has 42 heavy (non-hydrogen) atoms. The van der Waals surface area contributed by atoms with Gasteiger partial charge in [0.05, 0.1) is 34.0 Å². The van der Waals surface area contributed by atoms with Gasteiger partial charge in [-0.1, -0.05) is 59.3 Å². The summed E-state index contributed by atoms with van der Waals surface area (Å²) >= 11 is 6.60. The van der Waals surface area contributed by atoms with Gasteiger partial charge in [0.25, 0.3) is 0 Å². The fourth-order valence-electron chi connectivity index (χ4n) is 4.55. The quantitative estimate of drug-likeness (QED) is 0.177. The maximum Gasteiger partial charge on any atom is 0.412 e. The number of halogens is 5. The Balaban J connectivity index is 1.63. The van der Waals surface area contributed by atoms with Gasteiger partial charge >= 0.3 is 6.18 Å². The zero-order valence-electron chi connectivity index (χ0n) is 22.4. The van der Waals surface area contributed by atoms with E-state index in [0.717, 1.165) is 0 Å². The van der Waals surface area contributed by atoms with Crippen LogP contribution < -0.4 is 10.6 Å². The first-order valence-corrected chi connectivity index (χ1v) is 13.3. The van der Waals surface area contributed by atoms with Gasteiger partial charge in [0.1, 0.15) is 23.6 Å². The van der Waals surface area contributed by atoms with Crippen LogP contribution in [0.3, 0.4) is 0 Å². The number of aromatic nitrogens is 4. The molecular weight excluding hydrogens is 570 g/mol. The van der Waals surface area contributed by atoms with E-state index < -0.39 is 24.1 Å². The topological polar surface area (TPSA) is 91.5 Å². The van der Waals surface area contributed by atoms with Crippen molar-refractivity contribution in [3.8, 4) is 6.07 Å². The van der Waals surface area contributed by atoms with E-state index in [4.69, 9.17) is 11.6 Å². The highest BCUT2D eigenvalue weighted by Crippen LogP contribution is 2.40. The minimum atomic E-state index is -4.68. The van der Waals surface area contributed by atoms with Gasteiger partial charge in [-0.2, -0.15) is 18.4 Å². The standard InChI is InChI=1S/C30H24ClF4N7/c1-17(2)42-16-25(40-41-42)27(18-8-10-21(32)11-9-18)38-22-12-23-26(20(14-36)15-37-28(23)24(31)13-22)39-29(30(33,34)35)19-6-4-3-5-7-19/h3-13,15-17,27,29,38H,1-2H3,(H,37,39)/t27-,29+/m0/s1. The lowest BCUT2D eigenvalue weighted by molar-refractivity contribution is -0.143. The van der Waals surface area contributed by atoms with Crippen molar-refractivity contribution in [3.05, 3.63) is 112 Å². The highest BCUT2D eigenvalue weighted by Gasteiger charge is 2.41. The molecule has 0 bridgehead atoms. The van der Waals surface area contributed by atoms with Crippen LogP contribution in [0.15, 0.2) is 79.1 Å². The molecule has 0 radical (unpaired) electrons. The third kappa shape index (κ3) is 5.99. The number of fused-ring (bicyclic) bond motifs is 1. The van der Waals surface area contributed by atoms with Gasteiger partial charge in [-0.25, -0.2) is 9.07 Å². The largest absolute Gasteiger partial charge is 0.412 e. The molecule has 2 atom stereocenters. The Morgan fingerprint density at radius 2 is 1.69 bits per heavy atom. The maximum absolute atomic E-state index is 14.3. The van der Waals surface area contributed by atoms with Crippen molar-refractivity contribution in [2.45, 2.75) is 38.1 Å². The average Bonchev–Trinajstić information content (AvgIpc) is 3.45. The predicted molar refractivity (Wildman–Crippen MR) is 153 cm³/mol. The zero-order valence-corrected chi connectivity index (χ0v) is 23.1. The van der Waals surface area contributed by atoms with E-state index in [2.05, 4.69) is 25.9 Å². The molecule has 0 aliphatic carbocycles. The first kappa shape index (κ1) is 28.8. The van der Waals surface area contributed by atoms with Crippen molar-refractivity contribution < 1.29 is 17.6 Å². The van der Waals surface area contributed by atoms with Gasteiger partial charge in [-0.05, 0) is 49.2 Å². The van der Waals surface area contributed by atoms with Crippen molar-refractivity contribution in [1.29, 1.82) is 5.26 Å². The van der Waals surface area contributed by atoms with Crippen LogP contribution in [0.1, 0.15) is 54.4 Å². The van der Waals surface area contributed by atoms with Crippen molar-refractivity contribution in [3.63, 3.8) is 0 Å². The number of hydrogen-bond acceptors (Lipinski definition) is 6. The van der Waals surface area contributed by atoms with Crippen LogP contribution in [-0.2, 0) is 0 Å². The molecule has 2 heterocycles. The van der Waals surface area contributed by atoms with Crippen LogP contribution in [0, 0.1) is 17.1 Å². The van der Waals surface area contributed by atoms with Crippen LogP contribution in [0.5, 0.6) is 0 Å². The fourth-order valence-corrected chi connectivity index (χ4v) is 4.82. The lowest BCUT2D eigenvalue weighted by Gasteiger charge is -2.25. The Morgan fingerprint density at radius 3 is 2.31 bits per heavy atom. The Hall–Kier alpha value is -4.69. The highest BCUT2D eigenvalue weighted by molar-refractivity contribution is 6.35. The first-order chi connectivity index (χ1) is 20.0. The van der Waals surface area contributed by atoms with Crippen LogP contribution in [0.2, 0.25) is 5.02 Å². The van der Waals surface area contributed by atoms with Crippen LogP contribution in [0.4, 0.5) is 28.9 Å². The molecule has 3 aromatic carbocycles. The molecule has 7 nitrogen and oxygen atoms in total. The molecule has 5 aromatic rings. The summed E-state index contributed by atoms with van der Waals surface area (Å²) in [6.45, 7) is 3.89. The number of hydrogen-bond donors (Lipinski definition) is 2. The third-order valence-corrected chi connectivity index (χ3v) is 6.95. The molecule has 2 aromatic heterocycles. The lowest BCUT2D eigenvalue weighted by Crippen LogP contribution is -2.28. The van der Waals surface area contributed by atoms with E-state index in [1.54, 1.807) is 41.2 Å². The summed E-state index contributed by atoms with van der Waals surface area (Å²) in [5, 5.41) is 24.5. The molecule has 0 fully saturated rings. The molecule has 0 saturated heterocycles. The fraction of sp³-hybridized carbons (Fsp3) is 0.200. The Labute approximate surface area is 243 Å². The molecule has 0 amide bonds. The number of pyridine rings is 1. The summed E-state index contributed by atoms with van der Waals surface area (Å²) in [7, 11) is 0. The summed E-state index contributed by atoms with van der Waals surface area (Å²) in [6.07, 6.45) is -1.74. The monoisotopic (exact) mass is 593 g/mol. The number of nitriles is 1. The molecule has 2 N–H and O–H groups in total. The molecule has 0 spiro atoms. The molecule has 214 valence electrons. The normalized spacial score (nSPS) is 13.1. The summed E-state index contributed by atoms with van der Waals surface area (Å²) in [5.41, 5.74) is 1.62. The second-order valence-corrected chi connectivity index (χ2v) is 10.3. The molecule has 0 saturated carbocycles. The average molecular weight is 594 g/mol. The Morgan fingerprint density at radius 1 is 0.976 bits per heavy atom. The van der Waals surface area contributed by atoms with Gasteiger partial charge in [0.2, 0.25) is 0 Å². The van der Waals surface area contributed by atoms with E-state index in [0.29, 0.717) is 16.9 Å². The van der Waals surface area contributed by atoms with Gasteiger partial charge < -0.3 is 10.6 Å². The molecule has 0 unspecified atom stereocenters. The summed E-state index contributed by atoms with van der Waals surface area (Å²) in [6, 6.07) is 15.6. The van der Waals surface area contributed by atoms with Crippen LogP contribution in [0.25, 0.3) is 10.9 Å². The SMILES string of the molecule is CC(C)n1cc([C@@H](Nc2cc(Cl)c3ncc(C#N)c(N[C@H](c4ccccc4)C(F)(F)F)c3c2)c2ccc(F)cc2)nn1. The lowest BCUT2D eigenvalue weighted by atomic mass is 10.0. The van der Waals surface area contributed by atoms with E-state index in [-0.39, 0.29) is 38.8 Å². The van der Waals surface area contributed by atoms with Crippen LogP contribution in [-0.4, -0.2) is 26.2 Å². The van der Waals surface area contributed by atoms with Gasteiger partial charge in [0, 0.05) is 23.3 Å². The summed E-state index contributed by atoms with van der Waals surface area (Å²) < 4.78 is 58.3. The van der Waals surface area contributed by atoms with Gasteiger partial charge in [-0.15, -0.1) is 5.10 Å². The van der Waals surface area contributed by atoms with Crippen molar-refractivity contribution >= 4 is 33.9 Å². The van der Waals surface area contributed by atoms with E-state index in [9.17, 15) is 22.8 Å².